The number of anilines is 1. The number of benzene rings is 1. The van der Waals surface area contributed by atoms with Crippen LogP contribution in [0.2, 0.25) is 0 Å². The van der Waals surface area contributed by atoms with Crippen molar-refractivity contribution in [2.45, 2.75) is 37.8 Å². The first-order valence-electron chi connectivity index (χ1n) is 6.90. The molecule has 0 saturated carbocycles. The van der Waals surface area contributed by atoms with E-state index in [4.69, 9.17) is 10.5 Å². The van der Waals surface area contributed by atoms with E-state index in [1.807, 2.05) is 32.0 Å². The number of ether oxygens (including phenoxy) is 1. The van der Waals surface area contributed by atoms with E-state index in [2.05, 4.69) is 19.2 Å². The quantitative estimate of drug-likeness (QED) is 0.600. The fraction of sp³-hybridized carbons (Fsp3) is 0.533. The van der Waals surface area contributed by atoms with Gasteiger partial charge in [0.2, 0.25) is 5.91 Å². The predicted molar refractivity (Wildman–Crippen MR) is 85.2 cm³/mol. The molecule has 1 unspecified atom stereocenters. The highest BCUT2D eigenvalue weighted by Crippen LogP contribution is 2.32. The Morgan fingerprint density at radius 2 is 2.10 bits per heavy atom. The van der Waals surface area contributed by atoms with Gasteiger partial charge < -0.3 is 15.8 Å². The molecule has 112 valence electrons. The lowest BCUT2D eigenvalue weighted by molar-refractivity contribution is -0.120. The molecule has 1 aromatic carbocycles. The van der Waals surface area contributed by atoms with Gasteiger partial charge >= 0.3 is 0 Å². The van der Waals surface area contributed by atoms with Crippen molar-refractivity contribution < 1.29 is 9.53 Å². The number of nitrogen functional groups attached to an aromatic ring is 1. The normalized spacial score (nSPS) is 12.2. The highest BCUT2D eigenvalue weighted by Gasteiger charge is 2.16. The van der Waals surface area contributed by atoms with Crippen molar-refractivity contribution in [1.29, 1.82) is 0 Å². The molecule has 4 nitrogen and oxygen atoms in total. The van der Waals surface area contributed by atoms with Crippen LogP contribution in [0.1, 0.15) is 27.7 Å². The van der Waals surface area contributed by atoms with E-state index in [1.165, 1.54) is 11.8 Å². The molecule has 0 saturated heterocycles. The number of hydrogen-bond donors (Lipinski definition) is 2. The van der Waals surface area contributed by atoms with E-state index < -0.39 is 0 Å². The van der Waals surface area contributed by atoms with E-state index in [0.29, 0.717) is 24.8 Å². The Balaban J connectivity index is 2.66. The molecule has 0 heterocycles. The number of carbonyl (C=O) groups excluding carboxylic acids is 1. The third-order valence-electron chi connectivity index (χ3n) is 2.65. The van der Waals surface area contributed by atoms with Gasteiger partial charge in [-0.15, -0.1) is 11.8 Å². The van der Waals surface area contributed by atoms with Crippen LogP contribution >= 0.6 is 11.8 Å². The SMILES string of the molecule is CCOc1ccc(N)c(SC(C)C(=O)NCC(C)C)c1. The zero-order chi connectivity index (χ0) is 15.1. The first-order valence-corrected chi connectivity index (χ1v) is 7.78. The zero-order valence-corrected chi connectivity index (χ0v) is 13.4. The Morgan fingerprint density at radius 1 is 1.40 bits per heavy atom. The van der Waals surface area contributed by atoms with Crippen LogP contribution in [0.4, 0.5) is 5.69 Å². The van der Waals surface area contributed by atoms with Gasteiger partial charge in [0, 0.05) is 17.1 Å². The van der Waals surface area contributed by atoms with Crippen LogP contribution < -0.4 is 15.8 Å². The third kappa shape index (κ3) is 5.33. The summed E-state index contributed by atoms with van der Waals surface area (Å²) in [6.07, 6.45) is 0. The van der Waals surface area contributed by atoms with E-state index in [0.717, 1.165) is 10.6 Å². The molecule has 0 aliphatic carbocycles. The van der Waals surface area contributed by atoms with Gasteiger partial charge in [-0.1, -0.05) is 13.8 Å². The molecule has 1 rings (SSSR count). The molecule has 0 aliphatic rings. The smallest absolute Gasteiger partial charge is 0.233 e. The van der Waals surface area contributed by atoms with Crippen molar-refractivity contribution in [1.82, 2.24) is 5.32 Å². The maximum absolute atomic E-state index is 12.0. The average Bonchev–Trinajstić information content (AvgIpc) is 2.40. The average molecular weight is 296 g/mol. The molecule has 1 atom stereocenters. The minimum absolute atomic E-state index is 0.0323. The van der Waals surface area contributed by atoms with Crippen molar-refractivity contribution in [3.8, 4) is 5.75 Å². The Morgan fingerprint density at radius 3 is 2.70 bits per heavy atom. The minimum Gasteiger partial charge on any atom is -0.494 e. The summed E-state index contributed by atoms with van der Waals surface area (Å²) in [7, 11) is 0. The molecule has 0 aromatic heterocycles. The largest absolute Gasteiger partial charge is 0.494 e. The second-order valence-electron chi connectivity index (χ2n) is 5.03. The summed E-state index contributed by atoms with van der Waals surface area (Å²) in [5.74, 6) is 1.26. The maximum Gasteiger partial charge on any atom is 0.233 e. The molecule has 1 amide bonds. The molecule has 20 heavy (non-hydrogen) atoms. The van der Waals surface area contributed by atoms with Gasteiger partial charge in [-0.05, 0) is 38.0 Å². The van der Waals surface area contributed by atoms with Crippen LogP contribution in [0.5, 0.6) is 5.75 Å². The van der Waals surface area contributed by atoms with E-state index in [9.17, 15) is 4.79 Å². The lowest BCUT2D eigenvalue weighted by Gasteiger charge is -2.15. The van der Waals surface area contributed by atoms with Gasteiger partial charge in [0.05, 0.1) is 11.9 Å². The number of rotatable bonds is 7. The zero-order valence-electron chi connectivity index (χ0n) is 12.6. The molecule has 0 radical (unpaired) electrons. The Bertz CT molecular complexity index is 449. The summed E-state index contributed by atoms with van der Waals surface area (Å²) in [5, 5.41) is 2.74. The summed E-state index contributed by atoms with van der Waals surface area (Å²) in [6, 6.07) is 5.54. The minimum atomic E-state index is -0.187. The van der Waals surface area contributed by atoms with E-state index >= 15 is 0 Å². The van der Waals surface area contributed by atoms with Gasteiger partial charge in [-0.2, -0.15) is 0 Å². The van der Waals surface area contributed by atoms with Crippen LogP contribution in [0.3, 0.4) is 0 Å². The summed E-state index contributed by atoms with van der Waals surface area (Å²) < 4.78 is 5.45. The second-order valence-corrected chi connectivity index (χ2v) is 6.41. The Labute approximate surface area is 125 Å². The van der Waals surface area contributed by atoms with Crippen LogP contribution in [0.15, 0.2) is 23.1 Å². The fourth-order valence-corrected chi connectivity index (χ4v) is 2.53. The molecular weight excluding hydrogens is 272 g/mol. The Kier molecular flexibility index (Phi) is 6.71. The van der Waals surface area contributed by atoms with Gasteiger partial charge in [-0.25, -0.2) is 0 Å². The lowest BCUT2D eigenvalue weighted by atomic mass is 10.2. The lowest BCUT2D eigenvalue weighted by Crippen LogP contribution is -2.33. The highest BCUT2D eigenvalue weighted by molar-refractivity contribution is 8.00. The van der Waals surface area contributed by atoms with Crippen LogP contribution in [0, 0.1) is 5.92 Å². The number of amides is 1. The molecule has 0 fully saturated rings. The fourth-order valence-electron chi connectivity index (χ4n) is 1.57. The maximum atomic E-state index is 12.0. The van der Waals surface area contributed by atoms with Crippen LogP contribution in [-0.4, -0.2) is 24.3 Å². The standard InChI is InChI=1S/C15H24N2O2S/c1-5-19-12-6-7-13(16)14(8-12)20-11(4)15(18)17-9-10(2)3/h6-8,10-11H,5,9,16H2,1-4H3,(H,17,18). The first-order chi connectivity index (χ1) is 9.43. The molecule has 0 aliphatic heterocycles. The van der Waals surface area contributed by atoms with Crippen molar-refractivity contribution in [2.24, 2.45) is 5.92 Å². The number of nitrogens with two attached hydrogens (primary N) is 1. The van der Waals surface area contributed by atoms with Crippen molar-refractivity contribution >= 4 is 23.4 Å². The first kappa shape index (κ1) is 16.7. The van der Waals surface area contributed by atoms with Gasteiger partial charge in [0.1, 0.15) is 5.75 Å². The predicted octanol–water partition coefficient (Wildman–Crippen LogP) is 2.92. The molecule has 0 bridgehead atoms. The Hall–Kier alpha value is -1.36. The molecule has 1 aromatic rings. The molecule has 5 heteroatoms. The number of hydrogen-bond acceptors (Lipinski definition) is 4. The van der Waals surface area contributed by atoms with Crippen molar-refractivity contribution in [3.05, 3.63) is 18.2 Å². The third-order valence-corrected chi connectivity index (χ3v) is 3.83. The van der Waals surface area contributed by atoms with Crippen molar-refractivity contribution in [3.63, 3.8) is 0 Å². The van der Waals surface area contributed by atoms with Gasteiger partial charge in [0.15, 0.2) is 0 Å². The number of thioether (sulfide) groups is 1. The monoisotopic (exact) mass is 296 g/mol. The number of nitrogens with one attached hydrogen (secondary N) is 1. The molecule has 0 spiro atoms. The molecule has 3 N–H and O–H groups in total. The second kappa shape index (κ2) is 8.04. The summed E-state index contributed by atoms with van der Waals surface area (Å²) in [5.41, 5.74) is 6.62. The van der Waals surface area contributed by atoms with Gasteiger partial charge in [-0.3, -0.25) is 4.79 Å². The van der Waals surface area contributed by atoms with Crippen LogP contribution in [0.25, 0.3) is 0 Å². The topological polar surface area (TPSA) is 64.3 Å². The van der Waals surface area contributed by atoms with Crippen LogP contribution in [-0.2, 0) is 4.79 Å². The summed E-state index contributed by atoms with van der Waals surface area (Å²) in [6.45, 7) is 9.26. The summed E-state index contributed by atoms with van der Waals surface area (Å²) in [4.78, 5) is 12.8. The summed E-state index contributed by atoms with van der Waals surface area (Å²) >= 11 is 1.45. The molecular formula is C15H24N2O2S. The van der Waals surface area contributed by atoms with Crippen molar-refractivity contribution in [2.75, 3.05) is 18.9 Å². The van der Waals surface area contributed by atoms with E-state index in [-0.39, 0.29) is 11.2 Å². The number of carbonyl (C=O) groups is 1. The van der Waals surface area contributed by atoms with Gasteiger partial charge in [0.25, 0.3) is 0 Å². The van der Waals surface area contributed by atoms with E-state index in [1.54, 1.807) is 0 Å². The highest BCUT2D eigenvalue weighted by atomic mass is 32.2.